The van der Waals surface area contributed by atoms with Crippen molar-refractivity contribution in [1.82, 2.24) is 15.3 Å². The van der Waals surface area contributed by atoms with E-state index < -0.39 is 0 Å². The van der Waals surface area contributed by atoms with E-state index in [1.165, 1.54) is 11.3 Å². The molecule has 2 N–H and O–H groups in total. The SMILES string of the molecule is CC(C)Nc1ncccc1C(=O)NC(C)c1nccs1. The highest BCUT2D eigenvalue weighted by Crippen LogP contribution is 2.17. The number of nitrogens with one attached hydrogen (secondary N) is 2. The van der Waals surface area contributed by atoms with Gasteiger partial charge in [0.25, 0.3) is 5.91 Å². The number of amides is 1. The van der Waals surface area contributed by atoms with E-state index in [1.54, 1.807) is 24.5 Å². The van der Waals surface area contributed by atoms with Crippen LogP contribution < -0.4 is 10.6 Å². The van der Waals surface area contributed by atoms with Gasteiger partial charge < -0.3 is 10.6 Å². The van der Waals surface area contributed by atoms with E-state index >= 15 is 0 Å². The quantitative estimate of drug-likeness (QED) is 0.888. The number of nitrogens with zero attached hydrogens (tertiary/aromatic N) is 2. The van der Waals surface area contributed by atoms with Crippen LogP contribution >= 0.6 is 11.3 Å². The highest BCUT2D eigenvalue weighted by atomic mass is 32.1. The predicted molar refractivity (Wildman–Crippen MR) is 81.0 cm³/mol. The van der Waals surface area contributed by atoms with Crippen LogP contribution in [-0.4, -0.2) is 21.9 Å². The maximum absolute atomic E-state index is 12.3. The Morgan fingerprint density at radius 3 is 2.70 bits per heavy atom. The van der Waals surface area contributed by atoms with Gasteiger partial charge >= 0.3 is 0 Å². The van der Waals surface area contributed by atoms with Crippen molar-refractivity contribution in [2.45, 2.75) is 32.9 Å². The summed E-state index contributed by atoms with van der Waals surface area (Å²) in [5.74, 6) is 0.454. The van der Waals surface area contributed by atoms with Gasteiger partial charge in [-0.25, -0.2) is 9.97 Å². The van der Waals surface area contributed by atoms with E-state index in [9.17, 15) is 4.79 Å². The highest BCUT2D eigenvalue weighted by molar-refractivity contribution is 7.09. The van der Waals surface area contributed by atoms with Crippen LogP contribution in [0, 0.1) is 0 Å². The number of pyridine rings is 1. The maximum Gasteiger partial charge on any atom is 0.255 e. The molecule has 2 aromatic heterocycles. The van der Waals surface area contributed by atoms with Gasteiger partial charge in [0.05, 0.1) is 11.6 Å². The standard InChI is InChI=1S/C14H18N4OS/c1-9(2)17-12-11(5-4-6-15-12)13(19)18-10(3)14-16-7-8-20-14/h4-10H,1-3H3,(H,15,17)(H,18,19). The molecule has 0 aliphatic rings. The Hall–Kier alpha value is -1.95. The van der Waals surface area contributed by atoms with Crippen LogP contribution in [0.1, 0.15) is 42.2 Å². The van der Waals surface area contributed by atoms with Crippen molar-refractivity contribution in [2.75, 3.05) is 5.32 Å². The summed E-state index contributed by atoms with van der Waals surface area (Å²) < 4.78 is 0. The Bertz CT molecular complexity index is 568. The van der Waals surface area contributed by atoms with Crippen molar-refractivity contribution in [1.29, 1.82) is 0 Å². The van der Waals surface area contributed by atoms with Crippen LogP contribution in [0.2, 0.25) is 0 Å². The van der Waals surface area contributed by atoms with Crippen LogP contribution in [0.4, 0.5) is 5.82 Å². The summed E-state index contributed by atoms with van der Waals surface area (Å²) in [7, 11) is 0. The fourth-order valence-corrected chi connectivity index (χ4v) is 2.41. The number of anilines is 1. The number of rotatable bonds is 5. The first-order valence-electron chi connectivity index (χ1n) is 6.49. The van der Waals surface area contributed by atoms with E-state index in [-0.39, 0.29) is 18.0 Å². The Labute approximate surface area is 122 Å². The number of thiazole rings is 1. The molecule has 2 aromatic rings. The first-order chi connectivity index (χ1) is 9.58. The van der Waals surface area contributed by atoms with E-state index in [2.05, 4.69) is 20.6 Å². The number of carbonyl (C=O) groups is 1. The molecular weight excluding hydrogens is 272 g/mol. The summed E-state index contributed by atoms with van der Waals surface area (Å²) in [5.41, 5.74) is 0.546. The van der Waals surface area contributed by atoms with Crippen LogP contribution in [-0.2, 0) is 0 Å². The van der Waals surface area contributed by atoms with Gasteiger partial charge in [0.15, 0.2) is 0 Å². The third-order valence-corrected chi connectivity index (χ3v) is 3.61. The summed E-state index contributed by atoms with van der Waals surface area (Å²) in [6.45, 7) is 5.94. The molecule has 1 amide bonds. The van der Waals surface area contributed by atoms with Crippen molar-refractivity contribution < 1.29 is 4.79 Å². The summed E-state index contributed by atoms with van der Waals surface area (Å²) >= 11 is 1.53. The summed E-state index contributed by atoms with van der Waals surface area (Å²) in [5, 5.41) is 8.90. The second-order valence-electron chi connectivity index (χ2n) is 4.76. The van der Waals surface area contributed by atoms with Crippen molar-refractivity contribution in [3.05, 3.63) is 40.5 Å². The number of hydrogen-bond donors (Lipinski definition) is 2. The minimum absolute atomic E-state index is 0.116. The van der Waals surface area contributed by atoms with Gasteiger partial charge in [0, 0.05) is 23.8 Å². The first-order valence-corrected chi connectivity index (χ1v) is 7.37. The number of carbonyl (C=O) groups excluding carboxylic acids is 1. The molecule has 0 aromatic carbocycles. The molecule has 2 heterocycles. The van der Waals surface area contributed by atoms with E-state index in [0.29, 0.717) is 11.4 Å². The Balaban J connectivity index is 2.13. The molecule has 5 nitrogen and oxygen atoms in total. The second-order valence-corrected chi connectivity index (χ2v) is 5.69. The molecule has 0 saturated heterocycles. The van der Waals surface area contributed by atoms with E-state index in [4.69, 9.17) is 0 Å². The summed E-state index contributed by atoms with van der Waals surface area (Å²) in [6.07, 6.45) is 3.41. The average Bonchev–Trinajstić information content (AvgIpc) is 2.92. The van der Waals surface area contributed by atoms with Crippen molar-refractivity contribution in [3.8, 4) is 0 Å². The zero-order valence-corrected chi connectivity index (χ0v) is 12.6. The molecule has 0 spiro atoms. The molecule has 0 radical (unpaired) electrons. The maximum atomic E-state index is 12.3. The van der Waals surface area contributed by atoms with Crippen LogP contribution in [0.15, 0.2) is 29.9 Å². The molecule has 1 unspecified atom stereocenters. The number of aromatic nitrogens is 2. The Morgan fingerprint density at radius 1 is 1.25 bits per heavy atom. The fraction of sp³-hybridized carbons (Fsp3) is 0.357. The normalized spacial score (nSPS) is 12.2. The minimum Gasteiger partial charge on any atom is -0.367 e. The van der Waals surface area contributed by atoms with Gasteiger partial charge in [-0.05, 0) is 32.9 Å². The summed E-state index contributed by atoms with van der Waals surface area (Å²) in [6, 6.07) is 3.62. The molecule has 0 bridgehead atoms. The van der Waals surface area contributed by atoms with E-state index in [1.807, 2.05) is 26.2 Å². The smallest absolute Gasteiger partial charge is 0.255 e. The van der Waals surface area contributed by atoms with Gasteiger partial charge in [-0.15, -0.1) is 11.3 Å². The average molecular weight is 290 g/mol. The molecule has 0 aliphatic carbocycles. The van der Waals surface area contributed by atoms with Crippen LogP contribution in [0.5, 0.6) is 0 Å². The van der Waals surface area contributed by atoms with Crippen molar-refractivity contribution in [2.24, 2.45) is 0 Å². The lowest BCUT2D eigenvalue weighted by Crippen LogP contribution is -2.28. The van der Waals surface area contributed by atoms with Crippen molar-refractivity contribution in [3.63, 3.8) is 0 Å². The molecule has 2 rings (SSSR count). The van der Waals surface area contributed by atoms with Crippen molar-refractivity contribution >= 4 is 23.1 Å². The summed E-state index contributed by atoms with van der Waals surface area (Å²) in [4.78, 5) is 20.8. The molecule has 0 aliphatic heterocycles. The molecule has 0 saturated carbocycles. The molecule has 106 valence electrons. The minimum atomic E-state index is -0.149. The molecule has 6 heteroatoms. The van der Waals surface area contributed by atoms with Crippen LogP contribution in [0.3, 0.4) is 0 Å². The topological polar surface area (TPSA) is 66.9 Å². The molecule has 0 fully saturated rings. The third-order valence-electron chi connectivity index (χ3n) is 2.65. The molecule has 1 atom stereocenters. The Morgan fingerprint density at radius 2 is 2.05 bits per heavy atom. The Kier molecular flexibility index (Phi) is 4.68. The van der Waals surface area contributed by atoms with Gasteiger partial charge in [-0.3, -0.25) is 4.79 Å². The molecular formula is C14H18N4OS. The zero-order valence-electron chi connectivity index (χ0n) is 11.8. The van der Waals surface area contributed by atoms with Crippen LogP contribution in [0.25, 0.3) is 0 Å². The second kappa shape index (κ2) is 6.47. The lowest BCUT2D eigenvalue weighted by molar-refractivity contribution is 0.0940. The van der Waals surface area contributed by atoms with E-state index in [0.717, 1.165) is 5.01 Å². The monoisotopic (exact) mass is 290 g/mol. The lowest BCUT2D eigenvalue weighted by atomic mass is 10.2. The largest absolute Gasteiger partial charge is 0.367 e. The highest BCUT2D eigenvalue weighted by Gasteiger charge is 2.17. The van der Waals surface area contributed by atoms with Gasteiger partial charge in [-0.1, -0.05) is 0 Å². The van der Waals surface area contributed by atoms with Gasteiger partial charge in [-0.2, -0.15) is 0 Å². The first kappa shape index (κ1) is 14.5. The lowest BCUT2D eigenvalue weighted by Gasteiger charge is -2.15. The predicted octanol–water partition coefficient (Wildman–Crippen LogP) is 2.85. The molecule has 20 heavy (non-hydrogen) atoms. The van der Waals surface area contributed by atoms with Gasteiger partial charge in [0.2, 0.25) is 0 Å². The fourth-order valence-electron chi connectivity index (χ4n) is 1.76. The zero-order chi connectivity index (χ0) is 14.5. The number of hydrogen-bond acceptors (Lipinski definition) is 5. The van der Waals surface area contributed by atoms with Gasteiger partial charge in [0.1, 0.15) is 10.8 Å². The third kappa shape index (κ3) is 3.54.